The predicted molar refractivity (Wildman–Crippen MR) is 129 cm³/mol. The van der Waals surface area contributed by atoms with E-state index in [2.05, 4.69) is 10.0 Å². The van der Waals surface area contributed by atoms with Crippen molar-refractivity contribution in [2.24, 2.45) is 0 Å². The molecule has 3 rings (SSSR count). The number of amides is 1. The van der Waals surface area contributed by atoms with Crippen LogP contribution in [0, 0.1) is 6.92 Å². The van der Waals surface area contributed by atoms with Crippen molar-refractivity contribution in [2.45, 2.75) is 11.8 Å². The first-order valence-electron chi connectivity index (χ1n) is 9.01. The van der Waals surface area contributed by atoms with Gasteiger partial charge in [-0.05, 0) is 61.0 Å². The van der Waals surface area contributed by atoms with Gasteiger partial charge in [0, 0.05) is 5.02 Å². The fourth-order valence-electron chi connectivity index (χ4n) is 2.54. The lowest BCUT2D eigenvalue weighted by molar-refractivity contribution is -0.118. The molecular weight excluding hydrogens is 518 g/mol. The molecule has 11 heteroatoms. The highest BCUT2D eigenvalue weighted by atomic mass is 35.5. The highest BCUT2D eigenvalue weighted by molar-refractivity contribution is 7.92. The monoisotopic (exact) mass is 532 g/mol. The fourth-order valence-corrected chi connectivity index (χ4v) is 4.36. The van der Waals surface area contributed by atoms with Crippen molar-refractivity contribution >= 4 is 73.7 Å². The third-order valence-electron chi connectivity index (χ3n) is 4.21. The van der Waals surface area contributed by atoms with E-state index in [4.69, 9.17) is 51.1 Å². The SMILES string of the molecule is Cc1ccc(NS(=O)(=O)c2ccc(OCC(=O)Nc3cc(Cl)c(Cl)cc3Cl)cc2)cc1Cl. The molecule has 0 unspecified atom stereocenters. The summed E-state index contributed by atoms with van der Waals surface area (Å²) in [5.41, 5.74) is 1.47. The molecule has 0 bridgehead atoms. The molecule has 1 amide bonds. The molecule has 0 heterocycles. The lowest BCUT2D eigenvalue weighted by atomic mass is 10.2. The van der Waals surface area contributed by atoms with Crippen molar-refractivity contribution in [1.29, 1.82) is 0 Å². The minimum Gasteiger partial charge on any atom is -0.484 e. The summed E-state index contributed by atoms with van der Waals surface area (Å²) in [6.45, 7) is 1.49. The van der Waals surface area contributed by atoms with Crippen LogP contribution >= 0.6 is 46.4 Å². The van der Waals surface area contributed by atoms with Crippen LogP contribution in [0.15, 0.2) is 59.5 Å². The summed E-state index contributed by atoms with van der Waals surface area (Å²) in [4.78, 5) is 12.1. The topological polar surface area (TPSA) is 84.5 Å². The second-order valence-electron chi connectivity index (χ2n) is 6.62. The second kappa shape index (κ2) is 10.2. The Labute approximate surface area is 205 Å². The number of anilines is 2. The van der Waals surface area contributed by atoms with E-state index in [1.54, 1.807) is 12.1 Å². The molecule has 0 aliphatic rings. The number of carbonyl (C=O) groups is 1. The average molecular weight is 534 g/mol. The zero-order chi connectivity index (χ0) is 23.5. The van der Waals surface area contributed by atoms with Gasteiger partial charge in [0.25, 0.3) is 15.9 Å². The van der Waals surface area contributed by atoms with Gasteiger partial charge in [-0.2, -0.15) is 0 Å². The lowest BCUT2D eigenvalue weighted by Gasteiger charge is -2.11. The van der Waals surface area contributed by atoms with Crippen LogP contribution in [0.4, 0.5) is 11.4 Å². The molecule has 168 valence electrons. The Hall–Kier alpha value is -2.16. The molecule has 3 aromatic carbocycles. The number of carbonyl (C=O) groups excluding carboxylic acids is 1. The number of sulfonamides is 1. The van der Waals surface area contributed by atoms with Gasteiger partial charge in [0.2, 0.25) is 0 Å². The van der Waals surface area contributed by atoms with Crippen LogP contribution in [-0.2, 0) is 14.8 Å². The zero-order valence-electron chi connectivity index (χ0n) is 16.5. The predicted octanol–water partition coefficient (Wildman–Crippen LogP) is 6.43. The first kappa shape index (κ1) is 24.5. The molecule has 0 saturated heterocycles. The molecule has 6 nitrogen and oxygen atoms in total. The minimum atomic E-state index is -3.83. The van der Waals surface area contributed by atoms with Gasteiger partial charge in [0.1, 0.15) is 5.75 Å². The van der Waals surface area contributed by atoms with Crippen LogP contribution in [0.2, 0.25) is 20.1 Å². The molecule has 32 heavy (non-hydrogen) atoms. The molecule has 0 aliphatic heterocycles. The fraction of sp³-hybridized carbons (Fsp3) is 0.0952. The van der Waals surface area contributed by atoms with Crippen molar-refractivity contribution in [3.05, 3.63) is 80.3 Å². The summed E-state index contributed by atoms with van der Waals surface area (Å²) in [7, 11) is -3.83. The maximum absolute atomic E-state index is 12.6. The Bertz CT molecular complexity index is 1270. The molecule has 0 saturated carbocycles. The zero-order valence-corrected chi connectivity index (χ0v) is 20.3. The van der Waals surface area contributed by atoms with E-state index >= 15 is 0 Å². The van der Waals surface area contributed by atoms with Gasteiger partial charge in [-0.3, -0.25) is 9.52 Å². The largest absolute Gasteiger partial charge is 0.484 e. The number of hydrogen-bond acceptors (Lipinski definition) is 4. The Morgan fingerprint density at radius 2 is 1.53 bits per heavy atom. The quantitative estimate of drug-likeness (QED) is 0.343. The minimum absolute atomic E-state index is 0.0218. The summed E-state index contributed by atoms with van der Waals surface area (Å²) in [5.74, 6) is -0.183. The molecule has 2 N–H and O–H groups in total. The highest BCUT2D eigenvalue weighted by Crippen LogP contribution is 2.32. The van der Waals surface area contributed by atoms with Crippen molar-refractivity contribution in [1.82, 2.24) is 0 Å². The first-order valence-corrected chi connectivity index (χ1v) is 12.0. The first-order chi connectivity index (χ1) is 15.0. The van der Waals surface area contributed by atoms with Gasteiger partial charge in [-0.15, -0.1) is 0 Å². The Morgan fingerprint density at radius 1 is 0.875 bits per heavy atom. The van der Waals surface area contributed by atoms with Crippen LogP contribution in [0.1, 0.15) is 5.56 Å². The Morgan fingerprint density at radius 3 is 2.19 bits per heavy atom. The molecule has 0 fully saturated rings. The van der Waals surface area contributed by atoms with Crippen LogP contribution < -0.4 is 14.8 Å². The van der Waals surface area contributed by atoms with Gasteiger partial charge in [0.05, 0.1) is 31.3 Å². The van der Waals surface area contributed by atoms with E-state index < -0.39 is 15.9 Å². The number of nitrogens with one attached hydrogen (secondary N) is 2. The summed E-state index contributed by atoms with van der Waals surface area (Å²) in [5, 5.41) is 3.75. The maximum Gasteiger partial charge on any atom is 0.262 e. The van der Waals surface area contributed by atoms with Gasteiger partial charge >= 0.3 is 0 Å². The molecule has 3 aromatic rings. The van der Waals surface area contributed by atoms with E-state index in [-0.39, 0.29) is 26.6 Å². The van der Waals surface area contributed by atoms with Gasteiger partial charge in [-0.25, -0.2) is 8.42 Å². The average Bonchev–Trinajstić information content (AvgIpc) is 2.73. The number of benzene rings is 3. The number of ether oxygens (including phenoxy) is 1. The Kier molecular flexibility index (Phi) is 7.79. The van der Waals surface area contributed by atoms with Crippen molar-refractivity contribution in [3.8, 4) is 5.75 Å². The lowest BCUT2D eigenvalue weighted by Crippen LogP contribution is -2.20. The summed E-state index contributed by atoms with van der Waals surface area (Å²) in [6.07, 6.45) is 0. The summed E-state index contributed by atoms with van der Waals surface area (Å²) < 4.78 is 33.0. The van der Waals surface area contributed by atoms with Crippen LogP contribution in [0.3, 0.4) is 0 Å². The molecule has 0 radical (unpaired) electrons. The molecular formula is C21H16Cl4N2O4S. The van der Waals surface area contributed by atoms with E-state index in [0.717, 1.165) is 5.56 Å². The van der Waals surface area contributed by atoms with Crippen molar-refractivity contribution in [3.63, 3.8) is 0 Å². The smallest absolute Gasteiger partial charge is 0.262 e. The number of rotatable bonds is 7. The van der Waals surface area contributed by atoms with Gasteiger partial charge < -0.3 is 10.1 Å². The number of aryl methyl sites for hydroxylation is 1. The molecule has 0 aliphatic carbocycles. The Balaban J connectivity index is 1.61. The molecule has 0 aromatic heterocycles. The number of hydrogen-bond donors (Lipinski definition) is 2. The third kappa shape index (κ3) is 6.21. The van der Waals surface area contributed by atoms with E-state index in [9.17, 15) is 13.2 Å². The van der Waals surface area contributed by atoms with Gasteiger partial charge in [0.15, 0.2) is 6.61 Å². The number of halogens is 4. The summed E-state index contributed by atoms with van der Waals surface area (Å²) in [6, 6.07) is 13.3. The van der Waals surface area contributed by atoms with Crippen LogP contribution in [0.25, 0.3) is 0 Å². The maximum atomic E-state index is 12.6. The van der Waals surface area contributed by atoms with E-state index in [1.807, 2.05) is 6.92 Å². The van der Waals surface area contributed by atoms with Crippen molar-refractivity contribution < 1.29 is 17.9 Å². The second-order valence-corrected chi connectivity index (χ2v) is 9.94. The van der Waals surface area contributed by atoms with Crippen LogP contribution in [-0.4, -0.2) is 20.9 Å². The van der Waals surface area contributed by atoms with E-state index in [1.165, 1.54) is 42.5 Å². The normalized spacial score (nSPS) is 11.2. The molecule has 0 spiro atoms. The third-order valence-corrected chi connectivity index (χ3v) is 7.05. The highest BCUT2D eigenvalue weighted by Gasteiger charge is 2.15. The van der Waals surface area contributed by atoms with E-state index in [0.29, 0.717) is 22.1 Å². The summed E-state index contributed by atoms with van der Waals surface area (Å²) >= 11 is 23.9. The van der Waals surface area contributed by atoms with Crippen LogP contribution in [0.5, 0.6) is 5.75 Å². The van der Waals surface area contributed by atoms with Crippen molar-refractivity contribution in [2.75, 3.05) is 16.6 Å². The molecule has 0 atom stereocenters. The standard InChI is InChI=1S/C21H16Cl4N2O4S/c1-12-2-3-13(8-16(12)22)27-32(29,30)15-6-4-14(5-7-15)31-11-21(28)26-20-10-18(24)17(23)9-19(20)25/h2-10,27H,11H2,1H3,(H,26,28). The van der Waals surface area contributed by atoms with Gasteiger partial charge in [-0.1, -0.05) is 52.5 Å².